The van der Waals surface area contributed by atoms with E-state index in [1.54, 1.807) is 0 Å². The highest BCUT2D eigenvalue weighted by atomic mass is 79.9. The van der Waals surface area contributed by atoms with Gasteiger partial charge in [0.15, 0.2) is 0 Å². The molecule has 1 aromatic rings. The summed E-state index contributed by atoms with van der Waals surface area (Å²) in [5, 5.41) is 5.31. The first-order valence-electron chi connectivity index (χ1n) is 5.24. The lowest BCUT2D eigenvalue weighted by molar-refractivity contribution is -0.119. The van der Waals surface area contributed by atoms with Crippen molar-refractivity contribution in [3.63, 3.8) is 0 Å². The third-order valence-corrected chi connectivity index (χ3v) is 3.00. The number of rotatable bonds is 4. The Morgan fingerprint density at radius 1 is 1.35 bits per heavy atom. The van der Waals surface area contributed by atoms with Crippen molar-refractivity contribution in [1.82, 2.24) is 5.32 Å². The van der Waals surface area contributed by atoms with Crippen molar-refractivity contribution < 1.29 is 13.6 Å². The molecule has 0 aromatic heterocycles. The molecule has 1 aliphatic carbocycles. The number of anilines is 1. The predicted molar refractivity (Wildman–Crippen MR) is 63.7 cm³/mol. The summed E-state index contributed by atoms with van der Waals surface area (Å²) in [6, 6.07) is 2.30. The highest BCUT2D eigenvalue weighted by Gasteiger charge is 2.23. The van der Waals surface area contributed by atoms with E-state index in [0.717, 1.165) is 25.0 Å². The van der Waals surface area contributed by atoms with Crippen LogP contribution in [0.25, 0.3) is 0 Å². The first-order chi connectivity index (χ1) is 8.06. The smallest absolute Gasteiger partial charge is 0.239 e. The first-order valence-corrected chi connectivity index (χ1v) is 6.03. The van der Waals surface area contributed by atoms with Gasteiger partial charge in [-0.2, -0.15) is 0 Å². The van der Waals surface area contributed by atoms with Crippen molar-refractivity contribution in [1.29, 1.82) is 0 Å². The molecule has 1 fully saturated rings. The third kappa shape index (κ3) is 3.39. The summed E-state index contributed by atoms with van der Waals surface area (Å²) >= 11 is 2.88. The number of halogens is 3. The molecular weight excluding hydrogens is 294 g/mol. The van der Waals surface area contributed by atoms with Crippen LogP contribution in [0.5, 0.6) is 0 Å². The highest BCUT2D eigenvalue weighted by molar-refractivity contribution is 9.10. The van der Waals surface area contributed by atoms with Crippen LogP contribution in [0.2, 0.25) is 0 Å². The van der Waals surface area contributed by atoms with Crippen molar-refractivity contribution in [3.8, 4) is 0 Å². The molecule has 1 aliphatic rings. The predicted octanol–water partition coefficient (Wildman–Crippen LogP) is 2.42. The molecule has 0 bridgehead atoms. The number of carbonyl (C=O) groups is 1. The topological polar surface area (TPSA) is 41.1 Å². The first kappa shape index (κ1) is 12.3. The van der Waals surface area contributed by atoms with Crippen LogP contribution in [-0.2, 0) is 4.79 Å². The Hall–Kier alpha value is -1.17. The lowest BCUT2D eigenvalue weighted by Gasteiger charge is -2.08. The van der Waals surface area contributed by atoms with E-state index < -0.39 is 11.6 Å². The average Bonchev–Trinajstić information content (AvgIpc) is 3.05. The van der Waals surface area contributed by atoms with Gasteiger partial charge in [0.2, 0.25) is 5.91 Å². The van der Waals surface area contributed by atoms with Gasteiger partial charge in [-0.05, 0) is 34.8 Å². The molecule has 0 saturated heterocycles. The molecule has 0 unspecified atom stereocenters. The molecule has 3 nitrogen and oxygen atoms in total. The second-order valence-corrected chi connectivity index (χ2v) is 4.80. The molecule has 0 heterocycles. The minimum atomic E-state index is -0.600. The molecule has 2 rings (SSSR count). The lowest BCUT2D eigenvalue weighted by Crippen LogP contribution is -2.31. The normalized spacial score (nSPS) is 14.5. The maximum absolute atomic E-state index is 13.4. The van der Waals surface area contributed by atoms with Crippen LogP contribution in [0.3, 0.4) is 0 Å². The summed E-state index contributed by atoms with van der Waals surface area (Å²) < 4.78 is 26.6. The van der Waals surface area contributed by atoms with Crippen molar-refractivity contribution in [2.45, 2.75) is 18.9 Å². The van der Waals surface area contributed by atoms with Crippen LogP contribution in [0.1, 0.15) is 12.8 Å². The van der Waals surface area contributed by atoms with Crippen LogP contribution >= 0.6 is 15.9 Å². The summed E-state index contributed by atoms with van der Waals surface area (Å²) in [4.78, 5) is 11.3. The van der Waals surface area contributed by atoms with E-state index in [1.165, 1.54) is 0 Å². The summed E-state index contributed by atoms with van der Waals surface area (Å²) in [5.74, 6) is -1.38. The molecule has 0 aliphatic heterocycles. The fraction of sp³-hybridized carbons (Fsp3) is 0.364. The Morgan fingerprint density at radius 2 is 2.06 bits per heavy atom. The number of hydrogen-bond donors (Lipinski definition) is 2. The zero-order valence-corrected chi connectivity index (χ0v) is 10.5. The van der Waals surface area contributed by atoms with Gasteiger partial charge in [0.1, 0.15) is 11.6 Å². The van der Waals surface area contributed by atoms with Gasteiger partial charge in [-0.15, -0.1) is 0 Å². The fourth-order valence-electron chi connectivity index (χ4n) is 1.34. The van der Waals surface area contributed by atoms with E-state index in [4.69, 9.17) is 0 Å². The third-order valence-electron chi connectivity index (χ3n) is 2.39. The van der Waals surface area contributed by atoms with E-state index in [1.807, 2.05) is 0 Å². The van der Waals surface area contributed by atoms with E-state index >= 15 is 0 Å². The maximum Gasteiger partial charge on any atom is 0.239 e. The Labute approximate surface area is 106 Å². The molecule has 1 amide bonds. The number of benzene rings is 1. The summed E-state index contributed by atoms with van der Waals surface area (Å²) in [7, 11) is 0. The lowest BCUT2D eigenvalue weighted by atomic mass is 10.3. The van der Waals surface area contributed by atoms with Crippen molar-refractivity contribution in [3.05, 3.63) is 28.2 Å². The Morgan fingerprint density at radius 3 is 2.71 bits per heavy atom. The standard InChI is InChI=1S/C11H11BrF2N2O/c12-7-3-9(14)10(4-8(7)13)15-5-11(17)16-6-1-2-6/h3-4,6,15H,1-2,5H2,(H,16,17). The second-order valence-electron chi connectivity index (χ2n) is 3.94. The maximum atomic E-state index is 13.4. The Balaban J connectivity index is 1.93. The zero-order chi connectivity index (χ0) is 12.4. The molecule has 0 radical (unpaired) electrons. The summed E-state index contributed by atoms with van der Waals surface area (Å²) in [6.07, 6.45) is 1.99. The largest absolute Gasteiger partial charge is 0.374 e. The van der Waals surface area contributed by atoms with Gasteiger partial charge in [-0.1, -0.05) is 0 Å². The number of amides is 1. The van der Waals surface area contributed by atoms with E-state index in [2.05, 4.69) is 26.6 Å². The molecule has 0 spiro atoms. The second kappa shape index (κ2) is 5.00. The molecule has 1 saturated carbocycles. The van der Waals surface area contributed by atoms with Crippen molar-refractivity contribution in [2.24, 2.45) is 0 Å². The minimum absolute atomic E-state index is 0.0170. The monoisotopic (exact) mass is 304 g/mol. The van der Waals surface area contributed by atoms with Crippen LogP contribution < -0.4 is 10.6 Å². The van der Waals surface area contributed by atoms with E-state index in [9.17, 15) is 13.6 Å². The van der Waals surface area contributed by atoms with Crippen LogP contribution in [0.4, 0.5) is 14.5 Å². The number of nitrogens with one attached hydrogen (secondary N) is 2. The average molecular weight is 305 g/mol. The summed E-state index contributed by atoms with van der Waals surface area (Å²) in [5.41, 5.74) is -0.0170. The minimum Gasteiger partial charge on any atom is -0.374 e. The molecule has 2 N–H and O–H groups in total. The Bertz CT molecular complexity index is 449. The number of carbonyl (C=O) groups excluding carboxylic acids is 1. The quantitative estimate of drug-likeness (QED) is 0.839. The molecule has 6 heteroatoms. The van der Waals surface area contributed by atoms with Gasteiger partial charge in [0.05, 0.1) is 16.7 Å². The molecule has 17 heavy (non-hydrogen) atoms. The van der Waals surface area contributed by atoms with Gasteiger partial charge < -0.3 is 10.6 Å². The van der Waals surface area contributed by atoms with Crippen LogP contribution in [0.15, 0.2) is 16.6 Å². The van der Waals surface area contributed by atoms with E-state index in [0.29, 0.717) is 0 Å². The van der Waals surface area contributed by atoms with Crippen molar-refractivity contribution >= 4 is 27.5 Å². The number of hydrogen-bond acceptors (Lipinski definition) is 2. The SMILES string of the molecule is O=C(CNc1cc(F)c(Br)cc1F)NC1CC1. The van der Waals surface area contributed by atoms with E-state index in [-0.39, 0.29) is 28.7 Å². The van der Waals surface area contributed by atoms with Crippen LogP contribution in [-0.4, -0.2) is 18.5 Å². The molecular formula is C11H11BrF2N2O. The van der Waals surface area contributed by atoms with Gasteiger partial charge in [0.25, 0.3) is 0 Å². The molecule has 1 aromatic carbocycles. The Kier molecular flexibility index (Phi) is 3.61. The fourth-order valence-corrected chi connectivity index (χ4v) is 1.66. The van der Waals surface area contributed by atoms with Gasteiger partial charge in [-0.3, -0.25) is 4.79 Å². The van der Waals surface area contributed by atoms with Gasteiger partial charge in [-0.25, -0.2) is 8.78 Å². The zero-order valence-electron chi connectivity index (χ0n) is 8.90. The van der Waals surface area contributed by atoms with Crippen molar-refractivity contribution in [2.75, 3.05) is 11.9 Å². The van der Waals surface area contributed by atoms with Crippen LogP contribution in [0, 0.1) is 11.6 Å². The molecule has 0 atom stereocenters. The van der Waals surface area contributed by atoms with Gasteiger partial charge in [0, 0.05) is 12.1 Å². The van der Waals surface area contributed by atoms with Gasteiger partial charge >= 0.3 is 0 Å². The highest BCUT2D eigenvalue weighted by Crippen LogP contribution is 2.23. The molecule has 92 valence electrons. The summed E-state index contributed by atoms with van der Waals surface area (Å²) in [6.45, 7) is -0.0610.